The fraction of sp³-hybridized carbons (Fsp3) is 0. The number of hydrogen-bond donors (Lipinski definition) is 3. The quantitative estimate of drug-likeness (QED) is 0.522. The Kier molecular flexibility index (Phi) is 2.64. The first-order valence-electron chi connectivity index (χ1n) is 3.28. The second kappa shape index (κ2) is 3.40. The topological polar surface area (TPSA) is 108 Å². The Balaban J connectivity index is 3.37. The third-order valence-electron chi connectivity index (χ3n) is 1.42. The number of benzene rings is 1. The molecule has 0 radical (unpaired) electrons. The zero-order valence-corrected chi connectivity index (χ0v) is 7.28. The lowest BCUT2D eigenvalue weighted by atomic mass is 10.3. The van der Waals surface area contributed by atoms with Gasteiger partial charge in [-0.05, 0) is 6.07 Å². The lowest BCUT2D eigenvalue weighted by Crippen LogP contribution is -2.99. The average molecular weight is 204 g/mol. The summed E-state index contributed by atoms with van der Waals surface area (Å²) in [6.07, 6.45) is 0. The molecule has 0 aliphatic rings. The fourth-order valence-corrected chi connectivity index (χ4v) is 1.62. The molecule has 1 rings (SSSR count). The van der Waals surface area contributed by atoms with Crippen LogP contribution in [0, 0.1) is 5.21 Å². The van der Waals surface area contributed by atoms with E-state index in [4.69, 9.17) is 10.3 Å². The Morgan fingerprint density at radius 3 is 2.31 bits per heavy atom. The molecule has 4 N–H and O–H groups in total. The summed E-state index contributed by atoms with van der Waals surface area (Å²) in [6, 6.07) is 5.17. The van der Waals surface area contributed by atoms with Gasteiger partial charge in [-0.15, -0.1) is 0 Å². The minimum absolute atomic E-state index is 0.315. The highest BCUT2D eigenvalue weighted by atomic mass is 32.2. The minimum Gasteiger partial charge on any atom is -0.595 e. The van der Waals surface area contributed by atoms with Gasteiger partial charge < -0.3 is 5.21 Å². The van der Waals surface area contributed by atoms with Gasteiger partial charge in [0.05, 0.1) is 0 Å². The van der Waals surface area contributed by atoms with Gasteiger partial charge >= 0.3 is 0 Å². The molecule has 0 aliphatic heterocycles. The molecule has 0 spiro atoms. The molecule has 13 heavy (non-hydrogen) atoms. The zero-order chi connectivity index (χ0) is 10.1. The van der Waals surface area contributed by atoms with Crippen LogP contribution in [0.15, 0.2) is 29.2 Å². The maximum Gasteiger partial charge on any atom is 0.244 e. The van der Waals surface area contributed by atoms with Crippen molar-refractivity contribution in [3.05, 3.63) is 29.5 Å². The number of rotatable bonds is 2. The summed E-state index contributed by atoms with van der Waals surface area (Å²) in [5.74, 6) is 0. The van der Waals surface area contributed by atoms with Crippen LogP contribution >= 0.6 is 0 Å². The molecular formula is C6H8N2O4S. The smallest absolute Gasteiger partial charge is 0.244 e. The monoisotopic (exact) mass is 204 g/mol. The summed E-state index contributed by atoms with van der Waals surface area (Å²) < 4.78 is 21.7. The number of quaternary nitrogens is 1. The van der Waals surface area contributed by atoms with E-state index in [2.05, 4.69) is 0 Å². The third kappa shape index (κ3) is 2.23. The Bertz CT molecular complexity index is 401. The summed E-state index contributed by atoms with van der Waals surface area (Å²) >= 11 is 0. The van der Waals surface area contributed by atoms with E-state index in [1.807, 2.05) is 0 Å². The van der Waals surface area contributed by atoms with E-state index < -0.39 is 15.2 Å². The highest BCUT2D eigenvalue weighted by molar-refractivity contribution is 7.89. The Morgan fingerprint density at radius 1 is 1.38 bits per heavy atom. The molecule has 1 aromatic rings. The number of hydrogen-bond acceptors (Lipinski definition) is 4. The second-order valence-corrected chi connectivity index (χ2v) is 3.88. The van der Waals surface area contributed by atoms with Gasteiger partial charge in [0.25, 0.3) is 0 Å². The first-order chi connectivity index (χ1) is 5.93. The van der Waals surface area contributed by atoms with Gasteiger partial charge in [-0.25, -0.2) is 18.8 Å². The summed E-state index contributed by atoms with van der Waals surface area (Å²) in [5.41, 5.74) is -0.315. The van der Waals surface area contributed by atoms with E-state index >= 15 is 0 Å². The molecule has 0 bridgehead atoms. The molecule has 72 valence electrons. The Labute approximate surface area is 74.8 Å². The number of sulfonamides is 1. The van der Waals surface area contributed by atoms with E-state index in [-0.39, 0.29) is 10.6 Å². The summed E-state index contributed by atoms with van der Waals surface area (Å²) in [4.78, 5) is -0.373. The first kappa shape index (κ1) is 10.1. The normalized spacial score (nSPS) is 14.1. The standard InChI is InChI=1S/C6H8N2O4S/c7-13(11,12)6-4-2-1-3-5(6)8(9)10/h1-4,8-9H,(H2,7,11,12). The molecule has 1 unspecified atom stereocenters. The molecule has 1 atom stereocenters. The largest absolute Gasteiger partial charge is 0.595 e. The highest BCUT2D eigenvalue weighted by Crippen LogP contribution is 2.14. The lowest BCUT2D eigenvalue weighted by molar-refractivity contribution is -0.992. The van der Waals surface area contributed by atoms with Crippen molar-refractivity contribution in [3.8, 4) is 0 Å². The maximum atomic E-state index is 10.9. The minimum atomic E-state index is -3.96. The fourth-order valence-electron chi connectivity index (χ4n) is 0.891. The Hall–Kier alpha value is -0.990. The number of para-hydroxylation sites is 1. The predicted octanol–water partition coefficient (Wildman–Crippen LogP) is -1.26. The van der Waals surface area contributed by atoms with Gasteiger partial charge in [0.1, 0.15) is 4.90 Å². The van der Waals surface area contributed by atoms with Crippen LogP contribution in [0.4, 0.5) is 5.69 Å². The molecule has 1 aromatic carbocycles. The van der Waals surface area contributed by atoms with Gasteiger partial charge in [0, 0.05) is 6.07 Å². The number of primary sulfonamides is 1. The number of nitrogens with one attached hydrogen (secondary N) is 1. The van der Waals surface area contributed by atoms with Crippen molar-refractivity contribution in [1.29, 1.82) is 0 Å². The maximum absolute atomic E-state index is 10.9. The van der Waals surface area contributed by atoms with E-state index in [1.165, 1.54) is 18.2 Å². The van der Waals surface area contributed by atoms with Crippen LogP contribution in [0.2, 0.25) is 0 Å². The van der Waals surface area contributed by atoms with Crippen LogP contribution in [0.3, 0.4) is 0 Å². The third-order valence-corrected chi connectivity index (χ3v) is 2.39. The average Bonchev–Trinajstić information content (AvgIpc) is 2.03. The van der Waals surface area contributed by atoms with Crippen molar-refractivity contribution < 1.29 is 18.9 Å². The molecule has 0 amide bonds. The van der Waals surface area contributed by atoms with Crippen LogP contribution in [-0.2, 0) is 10.0 Å². The summed E-state index contributed by atoms with van der Waals surface area (Å²) in [7, 11) is -3.96. The van der Waals surface area contributed by atoms with Gasteiger partial charge in [-0.2, -0.15) is 5.23 Å². The lowest BCUT2D eigenvalue weighted by Gasteiger charge is -2.13. The van der Waals surface area contributed by atoms with Crippen molar-refractivity contribution in [2.24, 2.45) is 5.14 Å². The van der Waals surface area contributed by atoms with E-state index in [0.29, 0.717) is 0 Å². The second-order valence-electron chi connectivity index (χ2n) is 2.35. The SMILES string of the molecule is NS(=O)(=O)c1ccccc1[NH+]([O-])O. The van der Waals surface area contributed by atoms with Gasteiger partial charge in [0.2, 0.25) is 10.0 Å². The van der Waals surface area contributed by atoms with E-state index in [9.17, 15) is 13.6 Å². The summed E-state index contributed by atoms with van der Waals surface area (Å²) in [6.45, 7) is 0. The van der Waals surface area contributed by atoms with Crippen LogP contribution in [-0.4, -0.2) is 13.6 Å². The number of nitrogens with two attached hydrogens (primary N) is 1. The molecule has 0 fully saturated rings. The van der Waals surface area contributed by atoms with Crippen LogP contribution in [0.25, 0.3) is 0 Å². The van der Waals surface area contributed by atoms with Crippen molar-refractivity contribution >= 4 is 15.7 Å². The van der Waals surface area contributed by atoms with Crippen molar-refractivity contribution in [3.63, 3.8) is 0 Å². The van der Waals surface area contributed by atoms with Crippen molar-refractivity contribution in [1.82, 2.24) is 0 Å². The molecule has 0 aromatic heterocycles. The summed E-state index contributed by atoms with van der Waals surface area (Å²) in [5, 5.41) is 22.6. The molecule has 0 saturated heterocycles. The first-order valence-corrected chi connectivity index (χ1v) is 4.82. The molecule has 0 aliphatic carbocycles. The Morgan fingerprint density at radius 2 is 1.92 bits per heavy atom. The molecule has 0 heterocycles. The van der Waals surface area contributed by atoms with Gasteiger partial charge in [-0.1, -0.05) is 12.1 Å². The van der Waals surface area contributed by atoms with Crippen molar-refractivity contribution in [2.45, 2.75) is 4.90 Å². The predicted molar refractivity (Wildman–Crippen MR) is 43.6 cm³/mol. The molecule has 6 nitrogen and oxygen atoms in total. The van der Waals surface area contributed by atoms with Crippen LogP contribution in [0.1, 0.15) is 0 Å². The van der Waals surface area contributed by atoms with Crippen molar-refractivity contribution in [2.75, 3.05) is 0 Å². The van der Waals surface area contributed by atoms with E-state index in [0.717, 1.165) is 6.07 Å². The molecular weight excluding hydrogens is 196 g/mol. The van der Waals surface area contributed by atoms with Crippen LogP contribution < -0.4 is 10.4 Å². The van der Waals surface area contributed by atoms with E-state index in [1.54, 1.807) is 0 Å². The van der Waals surface area contributed by atoms with Gasteiger partial charge in [-0.3, -0.25) is 0 Å². The molecule has 7 heteroatoms. The highest BCUT2D eigenvalue weighted by Gasteiger charge is 2.17. The molecule has 0 saturated carbocycles. The zero-order valence-electron chi connectivity index (χ0n) is 6.47. The van der Waals surface area contributed by atoms with Gasteiger partial charge in [0.15, 0.2) is 5.69 Å². The van der Waals surface area contributed by atoms with Crippen LogP contribution in [0.5, 0.6) is 0 Å².